The second-order valence-corrected chi connectivity index (χ2v) is 6.14. The van der Waals surface area contributed by atoms with Gasteiger partial charge in [-0.2, -0.15) is 0 Å². The van der Waals surface area contributed by atoms with Crippen molar-refractivity contribution in [1.82, 2.24) is 10.2 Å². The number of hydrogen-bond acceptors (Lipinski definition) is 2. The Morgan fingerprint density at radius 2 is 1.94 bits per heavy atom. The summed E-state index contributed by atoms with van der Waals surface area (Å²) in [6.45, 7) is 15.4. The summed E-state index contributed by atoms with van der Waals surface area (Å²) in [5.74, 6) is 1.62. The number of hydrogen-bond donors (Lipinski definition) is 1. The molecule has 1 fully saturated rings. The van der Waals surface area contributed by atoms with Crippen LogP contribution in [-0.4, -0.2) is 36.6 Å². The second-order valence-electron chi connectivity index (χ2n) is 6.14. The summed E-state index contributed by atoms with van der Waals surface area (Å²) >= 11 is 0. The van der Waals surface area contributed by atoms with Crippen molar-refractivity contribution in [2.24, 2.45) is 11.8 Å². The molecule has 0 aliphatic carbocycles. The highest BCUT2D eigenvalue weighted by molar-refractivity contribution is 4.87. The third-order valence-electron chi connectivity index (χ3n) is 4.36. The minimum absolute atomic E-state index is 0.704. The maximum Gasteiger partial charge on any atom is 0.0221 e. The minimum atomic E-state index is 0.704. The van der Waals surface area contributed by atoms with Gasteiger partial charge in [-0.3, -0.25) is 4.90 Å². The lowest BCUT2D eigenvalue weighted by Crippen LogP contribution is -2.58. The van der Waals surface area contributed by atoms with Gasteiger partial charge >= 0.3 is 0 Å². The average molecular weight is 240 g/mol. The van der Waals surface area contributed by atoms with Crippen molar-refractivity contribution in [3.63, 3.8) is 0 Å². The van der Waals surface area contributed by atoms with E-state index in [1.165, 1.54) is 38.9 Å². The Morgan fingerprint density at radius 1 is 1.24 bits per heavy atom. The Balaban J connectivity index is 2.49. The van der Waals surface area contributed by atoms with Gasteiger partial charge in [0, 0.05) is 25.2 Å². The number of nitrogens with zero attached hydrogens (tertiary/aromatic N) is 1. The highest BCUT2D eigenvalue weighted by atomic mass is 15.2. The van der Waals surface area contributed by atoms with Crippen LogP contribution in [0.4, 0.5) is 0 Å². The molecule has 2 nitrogen and oxygen atoms in total. The molecule has 102 valence electrons. The molecule has 1 saturated heterocycles. The fourth-order valence-corrected chi connectivity index (χ4v) is 2.65. The molecule has 2 heteroatoms. The average Bonchev–Trinajstić information content (AvgIpc) is 2.34. The SMILES string of the molecule is CCC(C)C1CN(CCC(C)C)C(CC)CN1. The van der Waals surface area contributed by atoms with E-state index in [1.54, 1.807) is 0 Å². The Kier molecular flexibility index (Phi) is 6.50. The van der Waals surface area contributed by atoms with Crippen molar-refractivity contribution < 1.29 is 0 Å². The van der Waals surface area contributed by atoms with Gasteiger partial charge in [0.25, 0.3) is 0 Å². The minimum Gasteiger partial charge on any atom is -0.311 e. The van der Waals surface area contributed by atoms with Gasteiger partial charge in [0.1, 0.15) is 0 Å². The summed E-state index contributed by atoms with van der Waals surface area (Å²) in [5, 5.41) is 3.75. The van der Waals surface area contributed by atoms with Gasteiger partial charge in [0.05, 0.1) is 0 Å². The standard InChI is InChI=1S/C15H32N2/c1-6-13(5)15-11-17(9-8-12(3)4)14(7-2)10-16-15/h12-16H,6-11H2,1-5H3. The van der Waals surface area contributed by atoms with Crippen LogP contribution < -0.4 is 5.32 Å². The molecule has 1 N–H and O–H groups in total. The molecule has 0 aromatic carbocycles. The summed E-state index contributed by atoms with van der Waals surface area (Å²) < 4.78 is 0. The molecular weight excluding hydrogens is 208 g/mol. The monoisotopic (exact) mass is 240 g/mol. The third kappa shape index (κ3) is 4.59. The van der Waals surface area contributed by atoms with Crippen LogP contribution in [0.1, 0.15) is 53.9 Å². The summed E-state index contributed by atoms with van der Waals surface area (Å²) in [6.07, 6.45) is 3.90. The summed E-state index contributed by atoms with van der Waals surface area (Å²) in [7, 11) is 0. The van der Waals surface area contributed by atoms with Crippen molar-refractivity contribution in [2.45, 2.75) is 66.0 Å². The molecule has 0 aromatic rings. The first-order valence-corrected chi connectivity index (χ1v) is 7.55. The van der Waals surface area contributed by atoms with Gasteiger partial charge < -0.3 is 5.32 Å². The van der Waals surface area contributed by atoms with Crippen molar-refractivity contribution in [1.29, 1.82) is 0 Å². The van der Waals surface area contributed by atoms with Crippen LogP contribution in [0.2, 0.25) is 0 Å². The van der Waals surface area contributed by atoms with Gasteiger partial charge in [-0.05, 0) is 31.2 Å². The smallest absolute Gasteiger partial charge is 0.0221 e. The van der Waals surface area contributed by atoms with E-state index in [0.29, 0.717) is 6.04 Å². The van der Waals surface area contributed by atoms with Crippen molar-refractivity contribution in [3.05, 3.63) is 0 Å². The maximum atomic E-state index is 3.75. The zero-order chi connectivity index (χ0) is 12.8. The van der Waals surface area contributed by atoms with Gasteiger partial charge in [0.2, 0.25) is 0 Å². The molecule has 1 aliphatic heterocycles. The van der Waals surface area contributed by atoms with Crippen LogP contribution in [0.3, 0.4) is 0 Å². The van der Waals surface area contributed by atoms with Crippen molar-refractivity contribution >= 4 is 0 Å². The van der Waals surface area contributed by atoms with Crippen LogP contribution in [0, 0.1) is 11.8 Å². The quantitative estimate of drug-likeness (QED) is 0.767. The Labute approximate surface area is 108 Å². The van der Waals surface area contributed by atoms with E-state index >= 15 is 0 Å². The van der Waals surface area contributed by atoms with E-state index in [2.05, 4.69) is 44.8 Å². The summed E-state index contributed by atoms with van der Waals surface area (Å²) in [6, 6.07) is 1.46. The lowest BCUT2D eigenvalue weighted by atomic mass is 9.94. The maximum absolute atomic E-state index is 3.75. The molecule has 17 heavy (non-hydrogen) atoms. The summed E-state index contributed by atoms with van der Waals surface area (Å²) in [4.78, 5) is 2.73. The summed E-state index contributed by atoms with van der Waals surface area (Å²) in [5.41, 5.74) is 0. The van der Waals surface area contributed by atoms with Crippen molar-refractivity contribution in [3.8, 4) is 0 Å². The predicted octanol–water partition coefficient (Wildman–Crippen LogP) is 3.13. The first-order chi connectivity index (χ1) is 8.08. The normalized spacial score (nSPS) is 28.6. The molecule has 0 radical (unpaired) electrons. The fourth-order valence-electron chi connectivity index (χ4n) is 2.65. The van der Waals surface area contributed by atoms with Crippen LogP contribution in [0.5, 0.6) is 0 Å². The van der Waals surface area contributed by atoms with Crippen molar-refractivity contribution in [2.75, 3.05) is 19.6 Å². The molecule has 0 amide bonds. The number of nitrogens with one attached hydrogen (secondary N) is 1. The zero-order valence-electron chi connectivity index (χ0n) is 12.5. The van der Waals surface area contributed by atoms with E-state index in [9.17, 15) is 0 Å². The van der Waals surface area contributed by atoms with E-state index in [0.717, 1.165) is 17.9 Å². The molecule has 0 spiro atoms. The molecule has 1 rings (SSSR count). The third-order valence-corrected chi connectivity index (χ3v) is 4.36. The van der Waals surface area contributed by atoms with Crippen LogP contribution in [0.25, 0.3) is 0 Å². The Bertz CT molecular complexity index is 203. The van der Waals surface area contributed by atoms with Crippen LogP contribution in [0.15, 0.2) is 0 Å². The molecule has 3 atom stereocenters. The molecule has 0 saturated carbocycles. The van der Waals surface area contributed by atoms with E-state index in [4.69, 9.17) is 0 Å². The van der Waals surface area contributed by atoms with E-state index in [-0.39, 0.29) is 0 Å². The lowest BCUT2D eigenvalue weighted by Gasteiger charge is -2.42. The molecular formula is C15H32N2. The predicted molar refractivity (Wildman–Crippen MR) is 76.4 cm³/mol. The molecule has 0 aromatic heterocycles. The molecule has 1 heterocycles. The first-order valence-electron chi connectivity index (χ1n) is 7.55. The number of rotatable bonds is 6. The van der Waals surface area contributed by atoms with Gasteiger partial charge in [0.15, 0.2) is 0 Å². The van der Waals surface area contributed by atoms with Crippen LogP contribution in [-0.2, 0) is 0 Å². The van der Waals surface area contributed by atoms with Gasteiger partial charge in [-0.1, -0.05) is 41.0 Å². The van der Waals surface area contributed by atoms with E-state index < -0.39 is 0 Å². The fraction of sp³-hybridized carbons (Fsp3) is 1.00. The van der Waals surface area contributed by atoms with Gasteiger partial charge in [-0.25, -0.2) is 0 Å². The zero-order valence-corrected chi connectivity index (χ0v) is 12.5. The number of piperazine rings is 1. The molecule has 0 bridgehead atoms. The highest BCUT2D eigenvalue weighted by Crippen LogP contribution is 2.18. The Morgan fingerprint density at radius 3 is 2.47 bits per heavy atom. The van der Waals surface area contributed by atoms with Gasteiger partial charge in [-0.15, -0.1) is 0 Å². The van der Waals surface area contributed by atoms with Crippen LogP contribution >= 0.6 is 0 Å². The largest absolute Gasteiger partial charge is 0.311 e. The molecule has 3 unspecified atom stereocenters. The molecule has 1 aliphatic rings. The highest BCUT2D eigenvalue weighted by Gasteiger charge is 2.28. The first kappa shape index (κ1) is 15.0. The topological polar surface area (TPSA) is 15.3 Å². The lowest BCUT2D eigenvalue weighted by molar-refractivity contribution is 0.101. The van der Waals surface area contributed by atoms with E-state index in [1.807, 2.05) is 0 Å². The second kappa shape index (κ2) is 7.38. The Hall–Kier alpha value is -0.0800.